The molecule has 1 fully saturated rings. The second kappa shape index (κ2) is 8.22. The maximum Gasteiger partial charge on any atom is 0.409 e. The molecule has 0 radical (unpaired) electrons. The summed E-state index contributed by atoms with van der Waals surface area (Å²) in [5.41, 5.74) is 1.62. The lowest BCUT2D eigenvalue weighted by Crippen LogP contribution is -2.43. The van der Waals surface area contributed by atoms with Gasteiger partial charge in [0.2, 0.25) is 5.91 Å². The summed E-state index contributed by atoms with van der Waals surface area (Å²) in [6.45, 7) is 6.00. The van der Waals surface area contributed by atoms with Gasteiger partial charge in [0, 0.05) is 6.54 Å². The van der Waals surface area contributed by atoms with Gasteiger partial charge in [-0.25, -0.2) is 5.01 Å². The molecular formula is C22H27F3N2O2. The molecule has 7 heteroatoms. The summed E-state index contributed by atoms with van der Waals surface area (Å²) in [6, 6.07) is 8.17. The van der Waals surface area contributed by atoms with Crippen LogP contribution in [0.15, 0.2) is 36.4 Å². The molecule has 1 amide bonds. The van der Waals surface area contributed by atoms with Crippen molar-refractivity contribution in [2.24, 2.45) is 5.41 Å². The first-order valence-electron chi connectivity index (χ1n) is 9.93. The maximum atomic E-state index is 13.9. The molecule has 158 valence electrons. The zero-order valence-corrected chi connectivity index (χ0v) is 17.0. The number of ether oxygens (including phenoxy) is 1. The monoisotopic (exact) mass is 408 g/mol. The Morgan fingerprint density at radius 3 is 2.45 bits per heavy atom. The van der Waals surface area contributed by atoms with E-state index in [4.69, 9.17) is 4.74 Å². The van der Waals surface area contributed by atoms with Gasteiger partial charge < -0.3 is 4.74 Å². The fourth-order valence-electron chi connectivity index (χ4n) is 3.56. The summed E-state index contributed by atoms with van der Waals surface area (Å²) in [6.07, 6.45) is -1.35. The summed E-state index contributed by atoms with van der Waals surface area (Å²) in [5.74, 6) is 0.305. The smallest absolute Gasteiger partial charge is 0.409 e. The second-order valence-electron chi connectivity index (χ2n) is 8.22. The third-order valence-corrected chi connectivity index (χ3v) is 5.22. The molecule has 4 nitrogen and oxygen atoms in total. The number of carbonyl (C=O) groups is 1. The first kappa shape index (κ1) is 21.4. The molecule has 0 aliphatic carbocycles. The molecule has 0 aromatic heterocycles. The fourth-order valence-corrected chi connectivity index (χ4v) is 3.56. The lowest BCUT2D eigenvalue weighted by molar-refractivity contribution is -0.191. The SMILES string of the molecule is CCCCCOc1ccc2cc([C@H](N3CC(C)(C)C(=O)N3)C(F)(F)F)ccc2c1. The quantitative estimate of drug-likeness (QED) is 0.625. The van der Waals surface area contributed by atoms with E-state index in [0.717, 1.165) is 29.7 Å². The fraction of sp³-hybridized carbons (Fsp3) is 0.500. The lowest BCUT2D eigenvalue weighted by atomic mass is 9.93. The number of carbonyl (C=O) groups excluding carboxylic acids is 1. The van der Waals surface area contributed by atoms with E-state index < -0.39 is 23.5 Å². The van der Waals surface area contributed by atoms with E-state index in [1.807, 2.05) is 6.07 Å². The largest absolute Gasteiger partial charge is 0.494 e. The Balaban J connectivity index is 1.85. The van der Waals surface area contributed by atoms with Crippen LogP contribution in [-0.4, -0.2) is 30.2 Å². The van der Waals surface area contributed by atoms with E-state index in [-0.39, 0.29) is 12.1 Å². The molecule has 1 atom stereocenters. The van der Waals surface area contributed by atoms with Gasteiger partial charge in [-0.3, -0.25) is 10.2 Å². The highest BCUT2D eigenvalue weighted by molar-refractivity contribution is 5.85. The van der Waals surface area contributed by atoms with Crippen LogP contribution in [-0.2, 0) is 4.79 Å². The van der Waals surface area contributed by atoms with Crippen LogP contribution in [0.25, 0.3) is 10.8 Å². The first-order valence-corrected chi connectivity index (χ1v) is 9.93. The van der Waals surface area contributed by atoms with E-state index in [0.29, 0.717) is 17.7 Å². The van der Waals surface area contributed by atoms with Gasteiger partial charge in [0.15, 0.2) is 0 Å². The van der Waals surface area contributed by atoms with Crippen molar-refractivity contribution in [2.45, 2.75) is 52.3 Å². The van der Waals surface area contributed by atoms with Crippen LogP contribution in [0.2, 0.25) is 0 Å². The van der Waals surface area contributed by atoms with Crippen LogP contribution >= 0.6 is 0 Å². The predicted molar refractivity (Wildman–Crippen MR) is 106 cm³/mol. The highest BCUT2D eigenvalue weighted by Gasteiger charge is 2.51. The summed E-state index contributed by atoms with van der Waals surface area (Å²) in [5, 5.41) is 2.50. The molecule has 0 bridgehead atoms. The zero-order chi connectivity index (χ0) is 21.2. The van der Waals surface area contributed by atoms with E-state index >= 15 is 0 Å². The van der Waals surface area contributed by atoms with Crippen molar-refractivity contribution < 1.29 is 22.7 Å². The third-order valence-electron chi connectivity index (χ3n) is 5.22. The molecule has 1 aliphatic heterocycles. The minimum atomic E-state index is -4.52. The standard InChI is InChI=1S/C22H27F3N2O2/c1-4-5-6-11-29-18-10-9-15-12-17(8-7-16(15)13-18)19(22(23,24)25)27-14-21(2,3)20(28)26-27/h7-10,12-13,19H,4-6,11,14H2,1-3H3,(H,26,28)/t19-/m0/s1. The van der Waals surface area contributed by atoms with Gasteiger partial charge in [0.05, 0.1) is 12.0 Å². The highest BCUT2D eigenvalue weighted by atomic mass is 19.4. The Morgan fingerprint density at radius 2 is 1.83 bits per heavy atom. The molecular weight excluding hydrogens is 381 g/mol. The molecule has 2 aromatic rings. The number of fused-ring (bicyclic) bond motifs is 1. The molecule has 3 rings (SSSR count). The summed E-state index contributed by atoms with van der Waals surface area (Å²) < 4.78 is 47.4. The third kappa shape index (κ3) is 4.83. The molecule has 0 spiro atoms. The molecule has 1 aliphatic rings. The average molecular weight is 408 g/mol. The summed E-state index contributed by atoms with van der Waals surface area (Å²) in [7, 11) is 0. The van der Waals surface area contributed by atoms with Gasteiger partial charge in [-0.1, -0.05) is 38.0 Å². The average Bonchev–Trinajstić information content (AvgIpc) is 2.90. The minimum Gasteiger partial charge on any atom is -0.494 e. The molecule has 1 N–H and O–H groups in total. The van der Waals surface area contributed by atoms with Gasteiger partial charge in [-0.2, -0.15) is 13.2 Å². The minimum absolute atomic E-state index is 0.0153. The number of halogens is 3. The van der Waals surface area contributed by atoms with Crippen molar-refractivity contribution in [2.75, 3.05) is 13.2 Å². The van der Waals surface area contributed by atoms with Crippen LogP contribution in [0.4, 0.5) is 13.2 Å². The van der Waals surface area contributed by atoms with Crippen LogP contribution in [0, 0.1) is 5.41 Å². The Morgan fingerprint density at radius 1 is 1.14 bits per heavy atom. The van der Waals surface area contributed by atoms with Gasteiger partial charge in [0.25, 0.3) is 0 Å². The van der Waals surface area contributed by atoms with Gasteiger partial charge >= 0.3 is 6.18 Å². The molecule has 1 heterocycles. The Labute approximate surface area is 169 Å². The van der Waals surface area contributed by atoms with E-state index in [9.17, 15) is 18.0 Å². The number of amides is 1. The van der Waals surface area contributed by atoms with E-state index in [1.54, 1.807) is 32.0 Å². The van der Waals surface area contributed by atoms with Crippen molar-refractivity contribution in [1.82, 2.24) is 10.4 Å². The number of hydrogen-bond acceptors (Lipinski definition) is 3. The maximum absolute atomic E-state index is 13.9. The Bertz CT molecular complexity index is 880. The molecule has 0 unspecified atom stereocenters. The van der Waals surface area contributed by atoms with Crippen LogP contribution in [0.5, 0.6) is 5.75 Å². The number of hydrogen-bond donors (Lipinski definition) is 1. The lowest BCUT2D eigenvalue weighted by Gasteiger charge is -2.30. The Kier molecular flexibility index (Phi) is 6.08. The molecule has 29 heavy (non-hydrogen) atoms. The highest BCUT2D eigenvalue weighted by Crippen LogP contribution is 2.41. The van der Waals surface area contributed by atoms with Crippen LogP contribution in [0.3, 0.4) is 0 Å². The number of hydrazine groups is 1. The zero-order valence-electron chi connectivity index (χ0n) is 17.0. The normalized spacial score (nSPS) is 18.1. The van der Waals surface area contributed by atoms with Crippen LogP contribution < -0.4 is 10.2 Å². The molecule has 0 saturated carbocycles. The molecule has 2 aromatic carbocycles. The number of nitrogens with zero attached hydrogens (tertiary/aromatic N) is 1. The Hall–Kier alpha value is -2.28. The van der Waals surface area contributed by atoms with Gasteiger partial charge in [-0.05, 0) is 54.8 Å². The topological polar surface area (TPSA) is 41.6 Å². The van der Waals surface area contributed by atoms with Crippen molar-refractivity contribution in [3.63, 3.8) is 0 Å². The van der Waals surface area contributed by atoms with Gasteiger partial charge in [-0.15, -0.1) is 0 Å². The van der Waals surface area contributed by atoms with Crippen LogP contribution in [0.1, 0.15) is 51.6 Å². The second-order valence-corrected chi connectivity index (χ2v) is 8.22. The summed E-state index contributed by atoms with van der Waals surface area (Å²) >= 11 is 0. The number of alkyl halides is 3. The first-order chi connectivity index (χ1) is 13.6. The number of rotatable bonds is 7. The van der Waals surface area contributed by atoms with Crippen molar-refractivity contribution >= 4 is 16.7 Å². The number of unbranched alkanes of at least 4 members (excludes halogenated alkanes) is 2. The van der Waals surface area contributed by atoms with Crippen molar-refractivity contribution in [3.8, 4) is 5.75 Å². The van der Waals surface area contributed by atoms with Crippen molar-refractivity contribution in [1.29, 1.82) is 0 Å². The summed E-state index contributed by atoms with van der Waals surface area (Å²) in [4.78, 5) is 12.0. The predicted octanol–water partition coefficient (Wildman–Crippen LogP) is 5.39. The van der Waals surface area contributed by atoms with E-state index in [1.165, 1.54) is 12.1 Å². The van der Waals surface area contributed by atoms with E-state index in [2.05, 4.69) is 12.3 Å². The number of benzene rings is 2. The number of nitrogens with one attached hydrogen (secondary N) is 1. The van der Waals surface area contributed by atoms with Crippen molar-refractivity contribution in [3.05, 3.63) is 42.0 Å². The molecule has 1 saturated heterocycles. The van der Waals surface area contributed by atoms with Gasteiger partial charge in [0.1, 0.15) is 11.8 Å².